The van der Waals surface area contributed by atoms with E-state index >= 15 is 0 Å². The lowest BCUT2D eigenvalue weighted by Gasteiger charge is -2.38. The van der Waals surface area contributed by atoms with Crippen LogP contribution in [0.4, 0.5) is 8.78 Å². The van der Waals surface area contributed by atoms with Gasteiger partial charge in [0.25, 0.3) is 0 Å². The lowest BCUT2D eigenvalue weighted by molar-refractivity contribution is 0.0223. The van der Waals surface area contributed by atoms with Gasteiger partial charge in [0.05, 0.1) is 12.7 Å². The Hall–Kier alpha value is -1.22. The van der Waals surface area contributed by atoms with Crippen LogP contribution >= 0.6 is 0 Å². The summed E-state index contributed by atoms with van der Waals surface area (Å²) >= 11 is 0. The van der Waals surface area contributed by atoms with Crippen LogP contribution in [0.15, 0.2) is 24.8 Å². The Morgan fingerprint density at radius 2 is 1.56 bits per heavy atom. The normalized spacial score (nSPS) is 30.2. The zero-order valence-corrected chi connectivity index (χ0v) is 15.3. The first-order chi connectivity index (χ1) is 12.1. The molecule has 0 N–H and O–H groups in total. The van der Waals surface area contributed by atoms with Gasteiger partial charge in [-0.2, -0.15) is 0 Å². The van der Waals surface area contributed by atoms with E-state index in [0.29, 0.717) is 23.8 Å². The summed E-state index contributed by atoms with van der Waals surface area (Å²) in [5.41, 5.74) is 0.980. The minimum Gasteiger partial charge on any atom is -0.374 e. The van der Waals surface area contributed by atoms with Gasteiger partial charge in [-0.05, 0) is 87.2 Å². The number of benzene rings is 1. The Kier molecular flexibility index (Phi) is 6.27. The molecule has 2 saturated carbocycles. The van der Waals surface area contributed by atoms with Crippen LogP contribution in [0.2, 0.25) is 0 Å². The molecule has 3 heteroatoms. The number of rotatable bonds is 5. The Morgan fingerprint density at radius 3 is 2.16 bits per heavy atom. The molecule has 0 unspecified atom stereocenters. The van der Waals surface area contributed by atoms with Crippen LogP contribution in [0.3, 0.4) is 0 Å². The van der Waals surface area contributed by atoms with Gasteiger partial charge in [-0.25, -0.2) is 8.78 Å². The third kappa shape index (κ3) is 4.31. The molecule has 0 aliphatic heterocycles. The predicted octanol–water partition coefficient (Wildman–Crippen LogP) is 6.31. The molecule has 0 amide bonds. The lowest BCUT2D eigenvalue weighted by Crippen LogP contribution is -2.28. The van der Waals surface area contributed by atoms with Crippen LogP contribution in [-0.4, -0.2) is 12.7 Å². The summed E-state index contributed by atoms with van der Waals surface area (Å²) in [6, 6.07) is 3.51. The van der Waals surface area contributed by atoms with Gasteiger partial charge in [0, 0.05) is 0 Å². The molecule has 0 radical (unpaired) electrons. The van der Waals surface area contributed by atoms with Crippen molar-refractivity contribution in [3.05, 3.63) is 47.5 Å². The maximum atomic E-state index is 14.2. The SMILES string of the molecule is C=CCOC1CCC(C2CCC(c3ccc(C)c(F)c3F)CC2)CC1. The van der Waals surface area contributed by atoms with Crippen molar-refractivity contribution in [1.82, 2.24) is 0 Å². The zero-order valence-electron chi connectivity index (χ0n) is 15.3. The number of ether oxygens (including phenoxy) is 1. The molecule has 2 fully saturated rings. The van der Waals surface area contributed by atoms with E-state index < -0.39 is 11.6 Å². The Morgan fingerprint density at radius 1 is 0.960 bits per heavy atom. The molecule has 0 spiro atoms. The second-order valence-electron chi connectivity index (χ2n) is 7.87. The summed E-state index contributed by atoms with van der Waals surface area (Å²) in [5, 5.41) is 0. The Labute approximate surface area is 150 Å². The second kappa shape index (κ2) is 8.44. The maximum Gasteiger partial charge on any atom is 0.162 e. The van der Waals surface area contributed by atoms with Gasteiger partial charge < -0.3 is 4.74 Å². The summed E-state index contributed by atoms with van der Waals surface area (Å²) in [6.45, 7) is 5.98. The van der Waals surface area contributed by atoms with E-state index in [1.807, 2.05) is 6.08 Å². The van der Waals surface area contributed by atoms with E-state index in [-0.39, 0.29) is 5.92 Å². The molecule has 1 aromatic rings. The second-order valence-corrected chi connectivity index (χ2v) is 7.87. The van der Waals surface area contributed by atoms with Crippen LogP contribution < -0.4 is 0 Å². The van der Waals surface area contributed by atoms with Gasteiger partial charge in [0.2, 0.25) is 0 Å². The highest BCUT2D eigenvalue weighted by molar-refractivity contribution is 5.28. The molecule has 2 aliphatic carbocycles. The number of hydrogen-bond donors (Lipinski definition) is 0. The van der Waals surface area contributed by atoms with Crippen LogP contribution in [-0.2, 0) is 4.74 Å². The van der Waals surface area contributed by atoms with Gasteiger partial charge in [-0.3, -0.25) is 0 Å². The highest BCUT2D eigenvalue weighted by atomic mass is 19.2. The van der Waals surface area contributed by atoms with Gasteiger partial charge in [0.15, 0.2) is 11.6 Å². The molecule has 0 saturated heterocycles. The van der Waals surface area contributed by atoms with E-state index in [1.165, 1.54) is 12.8 Å². The number of halogens is 2. The molecular weight excluding hydrogens is 318 g/mol. The minimum absolute atomic E-state index is 0.179. The van der Waals surface area contributed by atoms with Gasteiger partial charge in [-0.1, -0.05) is 18.2 Å². The smallest absolute Gasteiger partial charge is 0.162 e. The average Bonchev–Trinajstić information content (AvgIpc) is 2.65. The Balaban J connectivity index is 1.51. The van der Waals surface area contributed by atoms with Crippen molar-refractivity contribution < 1.29 is 13.5 Å². The number of aryl methyl sites for hydroxylation is 1. The third-order valence-corrected chi connectivity index (χ3v) is 6.35. The zero-order chi connectivity index (χ0) is 17.8. The van der Waals surface area contributed by atoms with Crippen molar-refractivity contribution in [2.24, 2.45) is 11.8 Å². The van der Waals surface area contributed by atoms with Gasteiger partial charge >= 0.3 is 0 Å². The first kappa shape index (κ1) is 18.6. The number of hydrogen-bond acceptors (Lipinski definition) is 1. The van der Waals surface area contributed by atoms with E-state index in [0.717, 1.165) is 50.4 Å². The summed E-state index contributed by atoms with van der Waals surface area (Å²) in [5.74, 6) is 0.415. The average molecular weight is 348 g/mol. The first-order valence-electron chi connectivity index (χ1n) is 9.77. The Bertz CT molecular complexity index is 582. The summed E-state index contributed by atoms with van der Waals surface area (Å²) < 4.78 is 33.9. The van der Waals surface area contributed by atoms with Crippen LogP contribution in [0, 0.1) is 30.4 Å². The van der Waals surface area contributed by atoms with Crippen LogP contribution in [0.5, 0.6) is 0 Å². The highest BCUT2D eigenvalue weighted by Gasteiger charge is 2.32. The monoisotopic (exact) mass is 348 g/mol. The summed E-state index contributed by atoms with van der Waals surface area (Å²) in [7, 11) is 0. The highest BCUT2D eigenvalue weighted by Crippen LogP contribution is 2.44. The van der Waals surface area contributed by atoms with Crippen molar-refractivity contribution in [1.29, 1.82) is 0 Å². The molecule has 0 aromatic heterocycles. The van der Waals surface area contributed by atoms with Crippen molar-refractivity contribution in [2.75, 3.05) is 6.61 Å². The van der Waals surface area contributed by atoms with Crippen LogP contribution in [0.1, 0.15) is 68.4 Å². The largest absolute Gasteiger partial charge is 0.374 e. The molecule has 0 heterocycles. The quantitative estimate of drug-likeness (QED) is 0.567. The first-order valence-corrected chi connectivity index (χ1v) is 9.77. The van der Waals surface area contributed by atoms with E-state index in [9.17, 15) is 8.78 Å². The van der Waals surface area contributed by atoms with Crippen LogP contribution in [0.25, 0.3) is 0 Å². The fourth-order valence-electron chi connectivity index (χ4n) is 4.81. The molecule has 0 atom stereocenters. The van der Waals surface area contributed by atoms with Gasteiger partial charge in [0.1, 0.15) is 0 Å². The molecule has 1 nitrogen and oxygen atoms in total. The molecule has 3 rings (SSSR count). The standard InChI is InChI=1S/C22H30F2O/c1-3-14-25-19-11-9-17(10-12-19)16-5-7-18(8-6-16)20-13-4-15(2)21(23)22(20)24/h3-4,13,16-19H,1,5-12,14H2,2H3. The molecular formula is C22H30F2O. The predicted molar refractivity (Wildman–Crippen MR) is 97.7 cm³/mol. The fourth-order valence-corrected chi connectivity index (χ4v) is 4.81. The fraction of sp³-hybridized carbons (Fsp3) is 0.636. The molecule has 0 bridgehead atoms. The van der Waals surface area contributed by atoms with E-state index in [4.69, 9.17) is 4.74 Å². The van der Waals surface area contributed by atoms with Crippen molar-refractivity contribution >= 4 is 0 Å². The van der Waals surface area contributed by atoms with E-state index in [1.54, 1.807) is 19.1 Å². The minimum atomic E-state index is -0.669. The van der Waals surface area contributed by atoms with Crippen molar-refractivity contribution in [3.63, 3.8) is 0 Å². The summed E-state index contributed by atoms with van der Waals surface area (Å²) in [4.78, 5) is 0. The van der Waals surface area contributed by atoms with Crippen molar-refractivity contribution in [2.45, 2.75) is 70.3 Å². The molecule has 25 heavy (non-hydrogen) atoms. The lowest BCUT2D eigenvalue weighted by atomic mass is 9.69. The molecule has 1 aromatic carbocycles. The molecule has 2 aliphatic rings. The topological polar surface area (TPSA) is 9.23 Å². The van der Waals surface area contributed by atoms with Gasteiger partial charge in [-0.15, -0.1) is 6.58 Å². The molecule has 138 valence electrons. The maximum absolute atomic E-state index is 14.2. The third-order valence-electron chi connectivity index (χ3n) is 6.35. The summed E-state index contributed by atoms with van der Waals surface area (Å²) in [6.07, 6.45) is 11.2. The van der Waals surface area contributed by atoms with E-state index in [2.05, 4.69) is 6.58 Å². The van der Waals surface area contributed by atoms with Crippen molar-refractivity contribution in [3.8, 4) is 0 Å².